The van der Waals surface area contributed by atoms with Crippen molar-refractivity contribution in [3.05, 3.63) is 0 Å². The van der Waals surface area contributed by atoms with Crippen molar-refractivity contribution < 1.29 is 0 Å². The van der Waals surface area contributed by atoms with E-state index in [1.165, 1.54) is 64.6 Å². The van der Waals surface area contributed by atoms with Gasteiger partial charge >= 0.3 is 0 Å². The molecule has 0 spiro atoms. The van der Waals surface area contributed by atoms with Gasteiger partial charge in [0.15, 0.2) is 0 Å². The number of rotatable bonds is 2. The summed E-state index contributed by atoms with van der Waals surface area (Å²) >= 11 is 0. The Morgan fingerprint density at radius 1 is 1.20 bits per heavy atom. The Morgan fingerprint density at radius 3 is 2.60 bits per heavy atom. The second kappa shape index (κ2) is 4.84. The minimum Gasteiger partial charge on any atom is -0.325 e. The van der Waals surface area contributed by atoms with E-state index in [0.717, 1.165) is 5.92 Å². The van der Waals surface area contributed by atoms with Crippen LogP contribution in [0.15, 0.2) is 0 Å². The molecular formula is C13H26N2. The fourth-order valence-corrected chi connectivity index (χ4v) is 3.43. The Kier molecular flexibility index (Phi) is 3.68. The molecule has 88 valence electrons. The number of nitrogens with zero attached hydrogens (tertiary/aromatic N) is 1. The predicted molar refractivity (Wildman–Crippen MR) is 64.8 cm³/mol. The van der Waals surface area contributed by atoms with Crippen molar-refractivity contribution in [2.75, 3.05) is 19.6 Å². The minimum atomic E-state index is 0.187. The van der Waals surface area contributed by atoms with Gasteiger partial charge in [-0.3, -0.25) is 0 Å². The monoisotopic (exact) mass is 210 g/mol. The molecule has 2 heteroatoms. The fraction of sp³-hybridized carbons (Fsp3) is 1.00. The summed E-state index contributed by atoms with van der Waals surface area (Å²) in [5.41, 5.74) is 6.81. The van der Waals surface area contributed by atoms with Crippen LogP contribution in [0.3, 0.4) is 0 Å². The molecule has 0 aromatic carbocycles. The second-order valence-corrected chi connectivity index (χ2v) is 5.53. The van der Waals surface area contributed by atoms with Crippen molar-refractivity contribution in [1.29, 1.82) is 0 Å². The summed E-state index contributed by atoms with van der Waals surface area (Å²) in [4.78, 5) is 2.58. The summed E-state index contributed by atoms with van der Waals surface area (Å²) in [5, 5.41) is 0. The lowest BCUT2D eigenvalue weighted by molar-refractivity contribution is 0.0958. The number of hydrogen-bond acceptors (Lipinski definition) is 2. The highest BCUT2D eigenvalue weighted by Gasteiger charge is 2.37. The maximum absolute atomic E-state index is 6.62. The van der Waals surface area contributed by atoms with Gasteiger partial charge in [-0.25, -0.2) is 0 Å². The molecule has 1 saturated heterocycles. The summed E-state index contributed by atoms with van der Waals surface area (Å²) < 4.78 is 0. The van der Waals surface area contributed by atoms with Gasteiger partial charge in [-0.05, 0) is 44.7 Å². The summed E-state index contributed by atoms with van der Waals surface area (Å²) in [7, 11) is 0. The molecule has 15 heavy (non-hydrogen) atoms. The number of nitrogens with two attached hydrogens (primary N) is 1. The zero-order valence-corrected chi connectivity index (χ0v) is 10.2. The second-order valence-electron chi connectivity index (χ2n) is 5.53. The molecule has 2 rings (SSSR count). The molecule has 1 aliphatic heterocycles. The van der Waals surface area contributed by atoms with Gasteiger partial charge in [-0.2, -0.15) is 0 Å². The third-order valence-corrected chi connectivity index (χ3v) is 4.55. The molecule has 0 aromatic rings. The van der Waals surface area contributed by atoms with Gasteiger partial charge in [0.05, 0.1) is 0 Å². The van der Waals surface area contributed by atoms with Crippen molar-refractivity contribution >= 4 is 0 Å². The quantitative estimate of drug-likeness (QED) is 0.758. The maximum Gasteiger partial charge on any atom is 0.0195 e. The van der Waals surface area contributed by atoms with E-state index < -0.39 is 0 Å². The summed E-state index contributed by atoms with van der Waals surface area (Å²) in [6.07, 6.45) is 9.40. The summed E-state index contributed by atoms with van der Waals surface area (Å²) in [6, 6.07) is 0. The Labute approximate surface area is 94.2 Å². The van der Waals surface area contributed by atoms with Crippen LogP contribution >= 0.6 is 0 Å². The highest BCUT2D eigenvalue weighted by molar-refractivity contribution is 4.96. The molecule has 1 heterocycles. The van der Waals surface area contributed by atoms with Gasteiger partial charge in [0.2, 0.25) is 0 Å². The van der Waals surface area contributed by atoms with Crippen molar-refractivity contribution in [3.63, 3.8) is 0 Å². The molecular weight excluding hydrogens is 184 g/mol. The lowest BCUT2D eigenvalue weighted by atomic mass is 9.70. The average molecular weight is 210 g/mol. The van der Waals surface area contributed by atoms with Gasteiger partial charge in [0.1, 0.15) is 0 Å². The lowest BCUT2D eigenvalue weighted by Gasteiger charge is -2.45. The van der Waals surface area contributed by atoms with Crippen LogP contribution in [0.5, 0.6) is 0 Å². The fourth-order valence-electron chi connectivity index (χ4n) is 3.43. The van der Waals surface area contributed by atoms with Crippen LogP contribution in [-0.4, -0.2) is 30.1 Å². The van der Waals surface area contributed by atoms with Crippen molar-refractivity contribution in [2.24, 2.45) is 11.7 Å². The van der Waals surface area contributed by atoms with Crippen molar-refractivity contribution in [1.82, 2.24) is 4.90 Å². The van der Waals surface area contributed by atoms with Gasteiger partial charge in [-0.15, -0.1) is 0 Å². The van der Waals surface area contributed by atoms with E-state index >= 15 is 0 Å². The zero-order valence-electron chi connectivity index (χ0n) is 10.2. The summed E-state index contributed by atoms with van der Waals surface area (Å²) in [6.45, 7) is 6.02. The Bertz CT molecular complexity index is 197. The van der Waals surface area contributed by atoms with E-state index in [1.54, 1.807) is 0 Å². The van der Waals surface area contributed by atoms with Crippen LogP contribution in [0, 0.1) is 5.92 Å². The number of hydrogen-bond donors (Lipinski definition) is 1. The largest absolute Gasteiger partial charge is 0.325 e. The lowest BCUT2D eigenvalue weighted by Crippen LogP contribution is -2.54. The third-order valence-electron chi connectivity index (χ3n) is 4.55. The molecule has 0 aromatic heterocycles. The van der Waals surface area contributed by atoms with E-state index in [9.17, 15) is 0 Å². The molecule has 2 fully saturated rings. The first kappa shape index (κ1) is 11.4. The van der Waals surface area contributed by atoms with Gasteiger partial charge in [0, 0.05) is 12.1 Å². The van der Waals surface area contributed by atoms with Crippen LogP contribution in [0.25, 0.3) is 0 Å². The van der Waals surface area contributed by atoms with Crippen LogP contribution in [-0.2, 0) is 0 Å². The molecule has 1 atom stereocenters. The van der Waals surface area contributed by atoms with E-state index in [1.807, 2.05) is 0 Å². The SMILES string of the molecule is CCN1CCCC(C2(N)CCCCC2)C1. The van der Waals surface area contributed by atoms with Crippen molar-refractivity contribution in [3.8, 4) is 0 Å². The molecule has 0 bridgehead atoms. The molecule has 1 aliphatic carbocycles. The summed E-state index contributed by atoms with van der Waals surface area (Å²) in [5.74, 6) is 0.770. The van der Waals surface area contributed by atoms with Gasteiger partial charge < -0.3 is 10.6 Å². The first-order chi connectivity index (χ1) is 7.24. The molecule has 2 nitrogen and oxygen atoms in total. The number of likely N-dealkylation sites (tertiary alicyclic amines) is 1. The smallest absolute Gasteiger partial charge is 0.0195 e. The molecule has 0 amide bonds. The Morgan fingerprint density at radius 2 is 1.93 bits per heavy atom. The number of piperidine rings is 1. The maximum atomic E-state index is 6.62. The predicted octanol–water partition coefficient (Wildman–Crippen LogP) is 2.38. The van der Waals surface area contributed by atoms with Gasteiger partial charge in [0.25, 0.3) is 0 Å². The van der Waals surface area contributed by atoms with E-state index in [-0.39, 0.29) is 5.54 Å². The normalized spacial score (nSPS) is 32.8. The molecule has 1 unspecified atom stereocenters. The van der Waals surface area contributed by atoms with E-state index in [2.05, 4.69) is 11.8 Å². The topological polar surface area (TPSA) is 29.3 Å². The molecule has 1 saturated carbocycles. The molecule has 0 radical (unpaired) electrons. The first-order valence-electron chi connectivity index (χ1n) is 6.76. The van der Waals surface area contributed by atoms with Crippen LogP contribution < -0.4 is 5.73 Å². The minimum absolute atomic E-state index is 0.187. The Balaban J connectivity index is 1.95. The third kappa shape index (κ3) is 2.54. The average Bonchev–Trinajstić information content (AvgIpc) is 2.30. The Hall–Kier alpha value is -0.0800. The van der Waals surface area contributed by atoms with Crippen LogP contribution in [0.1, 0.15) is 51.9 Å². The first-order valence-corrected chi connectivity index (χ1v) is 6.76. The zero-order chi connectivity index (χ0) is 10.7. The van der Waals surface area contributed by atoms with E-state index in [4.69, 9.17) is 5.73 Å². The highest BCUT2D eigenvalue weighted by Crippen LogP contribution is 2.36. The van der Waals surface area contributed by atoms with Crippen molar-refractivity contribution in [2.45, 2.75) is 57.4 Å². The van der Waals surface area contributed by atoms with Crippen LogP contribution in [0.4, 0.5) is 0 Å². The van der Waals surface area contributed by atoms with Crippen LogP contribution in [0.2, 0.25) is 0 Å². The van der Waals surface area contributed by atoms with E-state index in [0.29, 0.717) is 0 Å². The van der Waals surface area contributed by atoms with Gasteiger partial charge in [-0.1, -0.05) is 26.2 Å². The molecule has 2 N–H and O–H groups in total. The highest BCUT2D eigenvalue weighted by atomic mass is 15.1. The standard InChI is InChI=1S/C13H26N2/c1-2-15-10-6-7-12(11-15)13(14)8-4-3-5-9-13/h12H,2-11,14H2,1H3. The molecule has 2 aliphatic rings.